The standard InChI is InChI=1S/C18H21N3O3S/c1-12-9-20-18-21(17(12)23)10-14(11-25-18)16(22)19-7-6-13-4-3-5-15(8-13)24-2/h3-5,8-9,14H,6-7,10-11H2,1-2H3,(H,19,22). The van der Waals surface area contributed by atoms with Crippen LogP contribution in [0.3, 0.4) is 0 Å². The molecule has 6 nitrogen and oxygen atoms in total. The third-order valence-electron chi connectivity index (χ3n) is 4.22. The number of methoxy groups -OCH3 is 1. The molecule has 1 aliphatic rings. The van der Waals surface area contributed by atoms with E-state index in [4.69, 9.17) is 4.74 Å². The smallest absolute Gasteiger partial charge is 0.257 e. The molecule has 0 radical (unpaired) electrons. The average Bonchev–Trinajstić information content (AvgIpc) is 2.64. The molecule has 2 aromatic rings. The molecule has 0 fully saturated rings. The van der Waals surface area contributed by atoms with Crippen LogP contribution in [0.15, 0.2) is 40.4 Å². The molecule has 0 bridgehead atoms. The first-order chi connectivity index (χ1) is 12.1. The molecule has 0 aliphatic carbocycles. The minimum Gasteiger partial charge on any atom is -0.497 e. The molecule has 1 aromatic heterocycles. The molecule has 0 saturated carbocycles. The van der Waals surface area contributed by atoms with Crippen LogP contribution in [-0.4, -0.2) is 34.9 Å². The van der Waals surface area contributed by atoms with Crippen LogP contribution < -0.4 is 15.6 Å². The molecule has 0 spiro atoms. The van der Waals surface area contributed by atoms with Crippen molar-refractivity contribution in [2.45, 2.75) is 25.0 Å². The SMILES string of the molecule is COc1cccc(CCNC(=O)C2CSc3ncc(C)c(=O)n3C2)c1. The molecule has 0 saturated heterocycles. The summed E-state index contributed by atoms with van der Waals surface area (Å²) >= 11 is 1.46. The minimum absolute atomic E-state index is 0.0190. The number of aryl methyl sites for hydroxylation is 1. The Kier molecular flexibility index (Phi) is 5.43. The van der Waals surface area contributed by atoms with Gasteiger partial charge >= 0.3 is 0 Å². The molecular weight excluding hydrogens is 338 g/mol. The van der Waals surface area contributed by atoms with Crippen LogP contribution >= 0.6 is 11.8 Å². The predicted molar refractivity (Wildman–Crippen MR) is 97.2 cm³/mol. The number of carbonyl (C=O) groups is 1. The number of thioether (sulfide) groups is 1. The van der Waals surface area contributed by atoms with Gasteiger partial charge in [0.15, 0.2) is 5.16 Å². The van der Waals surface area contributed by atoms with Crippen molar-refractivity contribution in [1.29, 1.82) is 0 Å². The minimum atomic E-state index is -0.218. The number of carbonyl (C=O) groups excluding carboxylic acids is 1. The highest BCUT2D eigenvalue weighted by atomic mass is 32.2. The van der Waals surface area contributed by atoms with E-state index in [0.717, 1.165) is 17.7 Å². The number of ether oxygens (including phenoxy) is 1. The van der Waals surface area contributed by atoms with Gasteiger partial charge in [-0.05, 0) is 31.0 Å². The summed E-state index contributed by atoms with van der Waals surface area (Å²) in [5.74, 6) is 1.21. The van der Waals surface area contributed by atoms with Crippen LogP contribution in [0.5, 0.6) is 5.75 Å². The van der Waals surface area contributed by atoms with Gasteiger partial charge in [-0.1, -0.05) is 23.9 Å². The number of benzene rings is 1. The summed E-state index contributed by atoms with van der Waals surface area (Å²) in [4.78, 5) is 28.9. The van der Waals surface area contributed by atoms with Gasteiger partial charge in [0.2, 0.25) is 5.91 Å². The van der Waals surface area contributed by atoms with Gasteiger partial charge in [0.25, 0.3) is 5.56 Å². The van der Waals surface area contributed by atoms with E-state index in [1.807, 2.05) is 24.3 Å². The van der Waals surface area contributed by atoms with Crippen LogP contribution in [-0.2, 0) is 17.8 Å². The second-order valence-corrected chi connectivity index (χ2v) is 7.03. The van der Waals surface area contributed by atoms with Gasteiger partial charge in [-0.2, -0.15) is 0 Å². The van der Waals surface area contributed by atoms with Gasteiger partial charge in [0.1, 0.15) is 5.75 Å². The van der Waals surface area contributed by atoms with E-state index in [-0.39, 0.29) is 17.4 Å². The van der Waals surface area contributed by atoms with E-state index >= 15 is 0 Å². The number of hydrogen-bond acceptors (Lipinski definition) is 5. The third kappa shape index (κ3) is 4.04. The van der Waals surface area contributed by atoms with Crippen molar-refractivity contribution in [2.24, 2.45) is 5.92 Å². The molecule has 25 heavy (non-hydrogen) atoms. The first-order valence-electron chi connectivity index (χ1n) is 8.18. The largest absolute Gasteiger partial charge is 0.497 e. The van der Waals surface area contributed by atoms with Crippen LogP contribution in [0.4, 0.5) is 0 Å². The fourth-order valence-electron chi connectivity index (χ4n) is 2.76. The number of nitrogens with one attached hydrogen (secondary N) is 1. The zero-order chi connectivity index (χ0) is 17.8. The number of amides is 1. The molecule has 7 heteroatoms. The quantitative estimate of drug-likeness (QED) is 0.822. The fourth-order valence-corrected chi connectivity index (χ4v) is 3.81. The Hall–Kier alpha value is -2.28. The molecular formula is C18H21N3O3S. The van der Waals surface area contributed by atoms with Crippen molar-refractivity contribution in [1.82, 2.24) is 14.9 Å². The Morgan fingerprint density at radius 3 is 3.12 bits per heavy atom. The Balaban J connectivity index is 1.57. The molecule has 3 rings (SSSR count). The van der Waals surface area contributed by atoms with E-state index in [1.54, 1.807) is 24.8 Å². The number of rotatable bonds is 5. The molecule has 1 amide bonds. The maximum Gasteiger partial charge on any atom is 0.257 e. The van der Waals surface area contributed by atoms with Gasteiger partial charge in [0.05, 0.1) is 13.0 Å². The van der Waals surface area contributed by atoms with E-state index in [1.165, 1.54) is 11.8 Å². The van der Waals surface area contributed by atoms with Gasteiger partial charge in [-0.3, -0.25) is 14.2 Å². The summed E-state index contributed by atoms with van der Waals surface area (Å²) < 4.78 is 6.81. The first kappa shape index (κ1) is 17.5. The number of nitrogens with zero attached hydrogens (tertiary/aromatic N) is 2. The van der Waals surface area contributed by atoms with Gasteiger partial charge in [0, 0.05) is 30.6 Å². The first-order valence-corrected chi connectivity index (χ1v) is 9.17. The van der Waals surface area contributed by atoms with Crippen LogP contribution in [0.2, 0.25) is 0 Å². The summed E-state index contributed by atoms with van der Waals surface area (Å²) in [6.45, 7) is 2.69. The van der Waals surface area contributed by atoms with E-state index in [2.05, 4.69) is 10.3 Å². The number of fused-ring (bicyclic) bond motifs is 1. The molecule has 1 N–H and O–H groups in total. The Labute approximate surface area is 150 Å². The van der Waals surface area contributed by atoms with Crippen molar-refractivity contribution >= 4 is 17.7 Å². The van der Waals surface area contributed by atoms with E-state index < -0.39 is 0 Å². The predicted octanol–water partition coefficient (Wildman–Crippen LogP) is 1.64. The number of hydrogen-bond donors (Lipinski definition) is 1. The van der Waals surface area contributed by atoms with Crippen LogP contribution in [0, 0.1) is 12.8 Å². The Morgan fingerprint density at radius 1 is 1.48 bits per heavy atom. The van der Waals surface area contributed by atoms with Crippen molar-refractivity contribution in [3.63, 3.8) is 0 Å². The molecule has 1 unspecified atom stereocenters. The monoisotopic (exact) mass is 359 g/mol. The normalized spacial score (nSPS) is 16.2. The highest BCUT2D eigenvalue weighted by molar-refractivity contribution is 7.99. The van der Waals surface area contributed by atoms with Crippen molar-refractivity contribution in [3.05, 3.63) is 51.9 Å². The molecule has 1 aliphatic heterocycles. The Bertz CT molecular complexity index is 835. The number of aromatic nitrogens is 2. The van der Waals surface area contributed by atoms with Gasteiger partial charge in [-0.25, -0.2) is 4.98 Å². The lowest BCUT2D eigenvalue weighted by Crippen LogP contribution is -2.40. The summed E-state index contributed by atoms with van der Waals surface area (Å²) in [5, 5.41) is 3.67. The maximum absolute atomic E-state index is 12.4. The molecule has 1 atom stereocenters. The highest BCUT2D eigenvalue weighted by Crippen LogP contribution is 2.24. The molecule has 1 aromatic carbocycles. The third-order valence-corrected chi connectivity index (χ3v) is 5.37. The maximum atomic E-state index is 12.4. The lowest BCUT2D eigenvalue weighted by molar-refractivity contribution is -0.124. The van der Waals surface area contributed by atoms with Crippen molar-refractivity contribution in [3.8, 4) is 5.75 Å². The molecule has 132 valence electrons. The summed E-state index contributed by atoms with van der Waals surface area (Å²) in [7, 11) is 1.64. The topological polar surface area (TPSA) is 73.2 Å². The molecule has 2 heterocycles. The lowest BCUT2D eigenvalue weighted by Gasteiger charge is -2.24. The fraction of sp³-hybridized carbons (Fsp3) is 0.389. The second-order valence-electron chi connectivity index (χ2n) is 6.04. The van der Waals surface area contributed by atoms with Gasteiger partial charge in [-0.15, -0.1) is 0 Å². The zero-order valence-corrected chi connectivity index (χ0v) is 15.1. The van der Waals surface area contributed by atoms with Crippen molar-refractivity contribution in [2.75, 3.05) is 19.4 Å². The highest BCUT2D eigenvalue weighted by Gasteiger charge is 2.26. The van der Waals surface area contributed by atoms with E-state index in [9.17, 15) is 9.59 Å². The summed E-state index contributed by atoms with van der Waals surface area (Å²) in [6, 6.07) is 7.81. The summed E-state index contributed by atoms with van der Waals surface area (Å²) in [6.07, 6.45) is 2.33. The second kappa shape index (κ2) is 7.74. The van der Waals surface area contributed by atoms with Crippen LogP contribution in [0.1, 0.15) is 11.1 Å². The Morgan fingerprint density at radius 2 is 2.32 bits per heavy atom. The average molecular weight is 359 g/mol. The van der Waals surface area contributed by atoms with Crippen molar-refractivity contribution < 1.29 is 9.53 Å². The lowest BCUT2D eigenvalue weighted by atomic mass is 10.1. The van der Waals surface area contributed by atoms with Crippen LogP contribution in [0.25, 0.3) is 0 Å². The van der Waals surface area contributed by atoms with E-state index in [0.29, 0.717) is 29.6 Å². The summed E-state index contributed by atoms with van der Waals surface area (Å²) in [5.41, 5.74) is 1.65. The van der Waals surface area contributed by atoms with Gasteiger partial charge < -0.3 is 10.1 Å². The zero-order valence-electron chi connectivity index (χ0n) is 14.3.